The first-order chi connectivity index (χ1) is 10.3. The number of hydrogen-bond acceptors (Lipinski definition) is 4. The third kappa shape index (κ3) is 1.72. The molecule has 2 atom stereocenters. The van der Waals surface area contributed by atoms with E-state index in [0.29, 0.717) is 11.2 Å². The predicted molar refractivity (Wildman–Crippen MR) is 77.2 cm³/mol. The second-order valence-corrected chi connectivity index (χ2v) is 5.32. The topological polar surface area (TPSA) is 83.8 Å². The van der Waals surface area contributed by atoms with Crippen LogP contribution in [0.1, 0.15) is 29.5 Å². The van der Waals surface area contributed by atoms with Crippen molar-refractivity contribution < 1.29 is 5.11 Å². The molecule has 0 saturated carbocycles. The Bertz CT molecular complexity index is 867. The van der Waals surface area contributed by atoms with Crippen molar-refractivity contribution in [2.24, 2.45) is 0 Å². The number of benzene rings is 1. The van der Waals surface area contributed by atoms with Gasteiger partial charge >= 0.3 is 0 Å². The zero-order valence-electron chi connectivity index (χ0n) is 11.2. The zero-order chi connectivity index (χ0) is 14.4. The smallest absolute Gasteiger partial charge is 0.278 e. The number of fused-ring (bicyclic) bond motifs is 2. The molecule has 1 aliphatic carbocycles. The highest BCUT2D eigenvalue weighted by atomic mass is 16.3. The van der Waals surface area contributed by atoms with E-state index in [1.54, 1.807) is 6.33 Å². The first-order valence-electron chi connectivity index (χ1n) is 6.89. The minimum absolute atomic E-state index is 0.0534. The van der Waals surface area contributed by atoms with E-state index >= 15 is 0 Å². The highest BCUT2D eigenvalue weighted by Gasteiger charge is 2.32. The summed E-state index contributed by atoms with van der Waals surface area (Å²) in [5.74, 6) is 0.116. The lowest BCUT2D eigenvalue weighted by atomic mass is 10.0. The Labute approximate surface area is 120 Å². The van der Waals surface area contributed by atoms with E-state index in [9.17, 15) is 9.90 Å². The number of aliphatic hydroxyl groups is 1. The van der Waals surface area contributed by atoms with Crippen LogP contribution in [0, 0.1) is 0 Å². The van der Waals surface area contributed by atoms with E-state index in [1.807, 2.05) is 16.7 Å². The molecule has 0 amide bonds. The van der Waals surface area contributed by atoms with Crippen LogP contribution in [0.15, 0.2) is 41.7 Å². The van der Waals surface area contributed by atoms with E-state index in [1.165, 1.54) is 6.33 Å². The van der Waals surface area contributed by atoms with Crippen LogP contribution in [-0.4, -0.2) is 31.2 Å². The van der Waals surface area contributed by atoms with Gasteiger partial charge in [-0.1, -0.05) is 24.3 Å². The van der Waals surface area contributed by atoms with Gasteiger partial charge < -0.3 is 14.7 Å². The number of H-pyrrole nitrogens is 1. The van der Waals surface area contributed by atoms with Gasteiger partial charge in [-0.3, -0.25) is 4.79 Å². The Hall–Kier alpha value is -2.47. The number of nitrogens with zero attached hydrogens (tertiary/aromatic N) is 3. The molecule has 2 heterocycles. The molecule has 106 valence electrons. The molecule has 0 aliphatic heterocycles. The van der Waals surface area contributed by atoms with Gasteiger partial charge in [0.2, 0.25) is 0 Å². The average Bonchev–Trinajstić information content (AvgIpc) is 3.09. The van der Waals surface area contributed by atoms with Gasteiger partial charge in [-0.25, -0.2) is 9.97 Å². The fourth-order valence-electron chi connectivity index (χ4n) is 3.24. The van der Waals surface area contributed by atoms with Gasteiger partial charge in [0.25, 0.3) is 5.56 Å². The van der Waals surface area contributed by atoms with Crippen LogP contribution in [0.3, 0.4) is 0 Å². The molecule has 6 heteroatoms. The quantitative estimate of drug-likeness (QED) is 0.739. The molecule has 0 fully saturated rings. The second kappa shape index (κ2) is 4.53. The molecule has 4 rings (SSSR count). The maximum Gasteiger partial charge on any atom is 0.278 e. The molecule has 3 aromatic rings. The van der Waals surface area contributed by atoms with Gasteiger partial charge in [-0.15, -0.1) is 0 Å². The average molecular weight is 282 g/mol. The molecule has 0 unspecified atom stereocenters. The third-order valence-corrected chi connectivity index (χ3v) is 4.22. The molecule has 21 heavy (non-hydrogen) atoms. The van der Waals surface area contributed by atoms with Gasteiger partial charge in [0.1, 0.15) is 0 Å². The number of hydrogen-bond donors (Lipinski definition) is 2. The third-order valence-electron chi connectivity index (χ3n) is 4.22. The summed E-state index contributed by atoms with van der Waals surface area (Å²) in [6.07, 6.45) is 3.84. The first-order valence-corrected chi connectivity index (χ1v) is 6.89. The summed E-state index contributed by atoms with van der Waals surface area (Å²) in [5, 5.41) is 9.59. The summed E-state index contributed by atoms with van der Waals surface area (Å²) in [6, 6.07) is 8.14. The van der Waals surface area contributed by atoms with Crippen molar-refractivity contribution in [1.82, 2.24) is 19.5 Å². The maximum atomic E-state index is 11.8. The van der Waals surface area contributed by atoms with E-state index in [0.717, 1.165) is 17.5 Å². The van der Waals surface area contributed by atoms with Crippen molar-refractivity contribution in [3.8, 4) is 0 Å². The molecular weight excluding hydrogens is 268 g/mol. The van der Waals surface area contributed by atoms with Gasteiger partial charge in [0.15, 0.2) is 11.2 Å². The van der Waals surface area contributed by atoms with E-state index < -0.39 is 0 Å². The molecule has 0 radical (unpaired) electrons. The van der Waals surface area contributed by atoms with Crippen LogP contribution in [0.2, 0.25) is 0 Å². The number of aromatic amines is 1. The molecule has 2 N–H and O–H groups in total. The highest BCUT2D eigenvalue weighted by molar-refractivity contribution is 5.69. The summed E-state index contributed by atoms with van der Waals surface area (Å²) in [4.78, 5) is 22.7. The number of rotatable bonds is 2. The van der Waals surface area contributed by atoms with Crippen molar-refractivity contribution in [3.63, 3.8) is 0 Å². The van der Waals surface area contributed by atoms with Crippen molar-refractivity contribution in [1.29, 1.82) is 0 Å². The maximum absolute atomic E-state index is 11.8. The summed E-state index contributed by atoms with van der Waals surface area (Å²) < 4.78 is 1.93. The van der Waals surface area contributed by atoms with Gasteiger partial charge in [0.05, 0.1) is 25.3 Å². The van der Waals surface area contributed by atoms with Crippen molar-refractivity contribution in [2.45, 2.75) is 18.4 Å². The summed E-state index contributed by atoms with van der Waals surface area (Å²) in [5.41, 5.74) is 3.03. The van der Waals surface area contributed by atoms with E-state index in [-0.39, 0.29) is 24.1 Å². The number of aromatic nitrogens is 4. The zero-order valence-corrected chi connectivity index (χ0v) is 11.2. The minimum Gasteiger partial charge on any atom is -0.396 e. The molecule has 1 aliphatic rings. The molecule has 1 aromatic carbocycles. The van der Waals surface area contributed by atoms with Crippen LogP contribution in [-0.2, 0) is 0 Å². The Kier molecular flexibility index (Phi) is 2.65. The lowest BCUT2D eigenvalue weighted by Gasteiger charge is -2.14. The second-order valence-electron chi connectivity index (χ2n) is 5.32. The van der Waals surface area contributed by atoms with E-state index in [4.69, 9.17) is 0 Å². The predicted octanol–water partition coefficient (Wildman–Crippen LogP) is 1.19. The molecule has 2 aromatic heterocycles. The van der Waals surface area contributed by atoms with Gasteiger partial charge in [-0.05, 0) is 17.5 Å². The lowest BCUT2D eigenvalue weighted by molar-refractivity contribution is 0.259. The number of aliphatic hydroxyl groups excluding tert-OH is 1. The Morgan fingerprint density at radius 2 is 2.10 bits per heavy atom. The fraction of sp³-hybridized carbons (Fsp3) is 0.267. The largest absolute Gasteiger partial charge is 0.396 e. The number of nitrogens with one attached hydrogen (secondary N) is 1. The SMILES string of the molecule is O=c1[nH]cnc2c1ncn2[C@H]1C[C@@H](CO)c2ccccc21. The van der Waals surface area contributed by atoms with Crippen LogP contribution in [0.5, 0.6) is 0 Å². The van der Waals surface area contributed by atoms with Gasteiger partial charge in [0, 0.05) is 5.92 Å². The van der Waals surface area contributed by atoms with Crippen LogP contribution in [0.4, 0.5) is 0 Å². The normalized spacial score (nSPS) is 20.8. The number of imidazole rings is 1. The molecular formula is C15H14N4O2. The monoisotopic (exact) mass is 282 g/mol. The van der Waals surface area contributed by atoms with E-state index in [2.05, 4.69) is 27.1 Å². The Morgan fingerprint density at radius 3 is 2.90 bits per heavy atom. The van der Waals surface area contributed by atoms with Crippen molar-refractivity contribution in [3.05, 3.63) is 58.4 Å². The highest BCUT2D eigenvalue weighted by Crippen LogP contribution is 2.42. The molecule has 6 nitrogen and oxygen atoms in total. The lowest BCUT2D eigenvalue weighted by Crippen LogP contribution is -2.11. The fourth-order valence-corrected chi connectivity index (χ4v) is 3.24. The van der Waals surface area contributed by atoms with Crippen molar-refractivity contribution >= 4 is 11.2 Å². The molecule has 0 spiro atoms. The first kappa shape index (κ1) is 12.3. The molecule has 0 bridgehead atoms. The summed E-state index contributed by atoms with van der Waals surface area (Å²) in [7, 11) is 0. The van der Waals surface area contributed by atoms with Crippen LogP contribution >= 0.6 is 0 Å². The Balaban J connectivity index is 1.91. The molecule has 0 saturated heterocycles. The summed E-state index contributed by atoms with van der Waals surface area (Å²) >= 11 is 0. The summed E-state index contributed by atoms with van der Waals surface area (Å²) in [6.45, 7) is 0.119. The van der Waals surface area contributed by atoms with Crippen LogP contribution < -0.4 is 5.56 Å². The minimum atomic E-state index is -0.233. The van der Waals surface area contributed by atoms with Crippen LogP contribution in [0.25, 0.3) is 11.2 Å². The Morgan fingerprint density at radius 1 is 1.29 bits per heavy atom. The standard InChI is InChI=1S/C15H14N4O2/c20-6-9-5-12(11-4-2-1-3-10(9)11)19-8-18-13-14(19)16-7-17-15(13)21/h1-4,7-9,12,20H,5-6H2,(H,16,17,21)/t9-,12-/m0/s1. The van der Waals surface area contributed by atoms with Gasteiger partial charge in [-0.2, -0.15) is 0 Å². The van der Waals surface area contributed by atoms with Crippen molar-refractivity contribution in [2.75, 3.05) is 6.61 Å².